The second kappa shape index (κ2) is 10.9. The predicted molar refractivity (Wildman–Crippen MR) is 137 cm³/mol. The van der Waals surface area contributed by atoms with E-state index >= 15 is 0 Å². The molecule has 2 heterocycles. The number of carbonyl (C=O) groups is 2. The van der Waals surface area contributed by atoms with E-state index in [0.29, 0.717) is 25.0 Å². The molecule has 3 aromatic rings. The number of aromatic nitrogens is 2. The molecule has 1 aliphatic heterocycles. The highest BCUT2D eigenvalue weighted by molar-refractivity contribution is 6.08. The quantitative estimate of drug-likeness (QED) is 0.290. The van der Waals surface area contributed by atoms with Crippen LogP contribution in [0.4, 0.5) is 5.95 Å². The molecule has 0 N–H and O–H groups in total. The van der Waals surface area contributed by atoms with Crippen LogP contribution < -0.4 is 9.64 Å². The number of para-hydroxylation sites is 2. The molecule has 7 heteroatoms. The molecule has 4 rings (SSSR count). The molecule has 186 valence electrons. The van der Waals surface area contributed by atoms with Crippen LogP contribution in [0.3, 0.4) is 0 Å². The number of imidazole rings is 1. The number of hydrogen-bond acceptors (Lipinski definition) is 5. The van der Waals surface area contributed by atoms with Crippen LogP contribution in [0.15, 0.2) is 48.5 Å². The van der Waals surface area contributed by atoms with Gasteiger partial charge in [-0.1, -0.05) is 51.5 Å². The monoisotopic (exact) mass is 477 g/mol. The van der Waals surface area contributed by atoms with E-state index in [4.69, 9.17) is 14.5 Å². The number of benzene rings is 2. The molecule has 35 heavy (non-hydrogen) atoms. The molecule has 0 saturated carbocycles. The van der Waals surface area contributed by atoms with Gasteiger partial charge in [0, 0.05) is 6.54 Å². The topological polar surface area (TPSA) is 73.7 Å². The van der Waals surface area contributed by atoms with Gasteiger partial charge in [-0.3, -0.25) is 14.5 Å². The first kappa shape index (κ1) is 24.8. The van der Waals surface area contributed by atoms with Gasteiger partial charge in [0.1, 0.15) is 5.75 Å². The summed E-state index contributed by atoms with van der Waals surface area (Å²) in [6.45, 7) is 9.53. The minimum Gasteiger partial charge on any atom is -0.494 e. The third-order valence-electron chi connectivity index (χ3n) is 6.41. The Morgan fingerprint density at radius 1 is 1.09 bits per heavy atom. The second-order valence-corrected chi connectivity index (χ2v) is 9.39. The SMILES string of the molecule is CCCCN1C(=O)[C@H](C(=O)OCC)[C@H](c2ccc(OCCC(C)C)cc2)n2c1nc1ccccc12. The minimum absolute atomic E-state index is 0.213. The summed E-state index contributed by atoms with van der Waals surface area (Å²) < 4.78 is 13.3. The van der Waals surface area contributed by atoms with Gasteiger partial charge < -0.3 is 14.0 Å². The summed E-state index contributed by atoms with van der Waals surface area (Å²) in [6.07, 6.45) is 2.72. The number of esters is 1. The molecule has 2 atom stereocenters. The van der Waals surface area contributed by atoms with Gasteiger partial charge in [0.05, 0.1) is 30.3 Å². The maximum absolute atomic E-state index is 13.8. The normalized spacial score (nSPS) is 17.6. The molecule has 0 spiro atoms. The summed E-state index contributed by atoms with van der Waals surface area (Å²) in [5.41, 5.74) is 2.51. The number of hydrogen-bond donors (Lipinski definition) is 0. The standard InChI is InChI=1S/C28H35N3O4/c1-5-7-17-30-26(32)24(27(33)34-6-2)25(31-23-11-9-8-10-22(23)29-28(30)31)20-12-14-21(15-13-20)35-18-16-19(3)4/h8-15,19,24-25H,5-7,16-18H2,1-4H3/t24-,25+/m1/s1. The summed E-state index contributed by atoms with van der Waals surface area (Å²) in [5.74, 6) is 0.143. The Morgan fingerprint density at radius 3 is 2.51 bits per heavy atom. The summed E-state index contributed by atoms with van der Waals surface area (Å²) in [7, 11) is 0. The van der Waals surface area contributed by atoms with Gasteiger partial charge >= 0.3 is 5.97 Å². The van der Waals surface area contributed by atoms with Gasteiger partial charge in [-0.2, -0.15) is 0 Å². The summed E-state index contributed by atoms with van der Waals surface area (Å²) >= 11 is 0. The lowest BCUT2D eigenvalue weighted by Gasteiger charge is -2.38. The van der Waals surface area contributed by atoms with Gasteiger partial charge in [0.15, 0.2) is 5.92 Å². The fourth-order valence-corrected chi connectivity index (χ4v) is 4.55. The molecule has 0 bridgehead atoms. The number of ether oxygens (including phenoxy) is 2. The number of unbranched alkanes of at least 4 members (excludes halogenated alkanes) is 1. The Labute approximate surface area is 207 Å². The van der Waals surface area contributed by atoms with Gasteiger partial charge in [0.2, 0.25) is 11.9 Å². The van der Waals surface area contributed by atoms with Crippen LogP contribution in [0.2, 0.25) is 0 Å². The van der Waals surface area contributed by atoms with E-state index in [9.17, 15) is 9.59 Å². The van der Waals surface area contributed by atoms with E-state index in [1.165, 1.54) is 0 Å². The van der Waals surface area contributed by atoms with Crippen molar-refractivity contribution in [3.05, 3.63) is 54.1 Å². The number of nitrogens with zero attached hydrogens (tertiary/aromatic N) is 3. The zero-order valence-electron chi connectivity index (χ0n) is 21.1. The third-order valence-corrected chi connectivity index (χ3v) is 6.41. The first-order valence-electron chi connectivity index (χ1n) is 12.6. The number of amides is 1. The lowest BCUT2D eigenvalue weighted by atomic mass is 9.89. The van der Waals surface area contributed by atoms with E-state index in [2.05, 4.69) is 20.8 Å². The molecule has 1 amide bonds. The Morgan fingerprint density at radius 2 is 1.83 bits per heavy atom. The lowest BCUT2D eigenvalue weighted by Crippen LogP contribution is -2.50. The van der Waals surface area contributed by atoms with Crippen molar-refractivity contribution in [1.29, 1.82) is 0 Å². The van der Waals surface area contributed by atoms with Gasteiger partial charge in [0.25, 0.3) is 0 Å². The minimum atomic E-state index is -0.996. The molecule has 0 radical (unpaired) electrons. The smallest absolute Gasteiger partial charge is 0.321 e. The average molecular weight is 478 g/mol. The van der Waals surface area contributed by atoms with Crippen molar-refractivity contribution in [3.63, 3.8) is 0 Å². The fraction of sp³-hybridized carbons (Fsp3) is 0.464. The molecule has 0 aliphatic carbocycles. The van der Waals surface area contributed by atoms with E-state index < -0.39 is 17.9 Å². The van der Waals surface area contributed by atoms with Crippen LogP contribution in [0.25, 0.3) is 11.0 Å². The van der Waals surface area contributed by atoms with Gasteiger partial charge in [-0.15, -0.1) is 0 Å². The Kier molecular flexibility index (Phi) is 7.73. The van der Waals surface area contributed by atoms with Crippen molar-refractivity contribution >= 4 is 28.9 Å². The lowest BCUT2D eigenvalue weighted by molar-refractivity contribution is -0.153. The highest BCUT2D eigenvalue weighted by atomic mass is 16.5. The van der Waals surface area contributed by atoms with E-state index in [1.54, 1.807) is 11.8 Å². The van der Waals surface area contributed by atoms with Crippen LogP contribution in [-0.2, 0) is 14.3 Å². The van der Waals surface area contributed by atoms with Crippen molar-refractivity contribution in [2.75, 3.05) is 24.7 Å². The van der Waals surface area contributed by atoms with Crippen LogP contribution >= 0.6 is 0 Å². The third kappa shape index (κ3) is 5.04. The van der Waals surface area contributed by atoms with Crippen molar-refractivity contribution in [2.45, 2.75) is 53.0 Å². The average Bonchev–Trinajstić information content (AvgIpc) is 3.22. The van der Waals surface area contributed by atoms with Gasteiger partial charge in [-0.05, 0) is 55.5 Å². The highest BCUT2D eigenvalue weighted by Crippen LogP contribution is 2.41. The molecular formula is C28H35N3O4. The molecule has 1 aliphatic rings. The highest BCUT2D eigenvalue weighted by Gasteiger charge is 2.47. The van der Waals surface area contributed by atoms with Crippen LogP contribution in [0, 0.1) is 11.8 Å². The van der Waals surface area contributed by atoms with Crippen molar-refractivity contribution < 1.29 is 19.1 Å². The molecule has 2 aromatic carbocycles. The van der Waals surface area contributed by atoms with Crippen molar-refractivity contribution in [2.24, 2.45) is 11.8 Å². The zero-order valence-corrected chi connectivity index (χ0v) is 21.1. The van der Waals surface area contributed by atoms with E-state index in [1.807, 2.05) is 53.1 Å². The molecule has 0 saturated heterocycles. The predicted octanol–water partition coefficient (Wildman–Crippen LogP) is 5.38. The largest absolute Gasteiger partial charge is 0.494 e. The summed E-state index contributed by atoms with van der Waals surface area (Å²) in [4.78, 5) is 33.5. The Balaban J connectivity index is 1.81. The van der Waals surface area contributed by atoms with E-state index in [0.717, 1.165) is 41.6 Å². The molecule has 1 aromatic heterocycles. The number of carbonyl (C=O) groups excluding carboxylic acids is 2. The fourth-order valence-electron chi connectivity index (χ4n) is 4.55. The Bertz CT molecular complexity index is 1170. The maximum atomic E-state index is 13.8. The molecule has 7 nitrogen and oxygen atoms in total. The Hall–Kier alpha value is -3.35. The van der Waals surface area contributed by atoms with Crippen LogP contribution in [-0.4, -0.2) is 41.2 Å². The number of rotatable bonds is 10. The van der Waals surface area contributed by atoms with E-state index in [-0.39, 0.29) is 12.5 Å². The number of fused-ring (bicyclic) bond motifs is 3. The van der Waals surface area contributed by atoms with Crippen molar-refractivity contribution in [1.82, 2.24) is 9.55 Å². The second-order valence-electron chi connectivity index (χ2n) is 9.39. The first-order chi connectivity index (χ1) is 17.0. The maximum Gasteiger partial charge on any atom is 0.321 e. The zero-order chi connectivity index (χ0) is 24.9. The first-order valence-corrected chi connectivity index (χ1v) is 12.6. The summed E-state index contributed by atoms with van der Waals surface area (Å²) in [6, 6.07) is 14.9. The number of anilines is 1. The summed E-state index contributed by atoms with van der Waals surface area (Å²) in [5, 5.41) is 0. The molecule has 0 fully saturated rings. The van der Waals surface area contributed by atoms with Crippen LogP contribution in [0.1, 0.15) is 58.6 Å². The molecular weight excluding hydrogens is 442 g/mol. The van der Waals surface area contributed by atoms with Gasteiger partial charge in [-0.25, -0.2) is 4.98 Å². The van der Waals surface area contributed by atoms with Crippen molar-refractivity contribution in [3.8, 4) is 5.75 Å². The van der Waals surface area contributed by atoms with Crippen LogP contribution in [0.5, 0.6) is 5.75 Å². The molecule has 0 unspecified atom stereocenters.